The summed E-state index contributed by atoms with van der Waals surface area (Å²) in [4.78, 5) is 14.8. The summed E-state index contributed by atoms with van der Waals surface area (Å²) in [5, 5.41) is 20.1. The Balaban J connectivity index is 2.37. The number of carbonyl (C=O) groups is 1. The SMILES string of the molecule is CC(C)c1c(C(=O)O)nnn1Cc1ncon1. The zero-order chi connectivity index (χ0) is 12.4. The summed E-state index contributed by atoms with van der Waals surface area (Å²) in [7, 11) is 0. The zero-order valence-corrected chi connectivity index (χ0v) is 9.36. The highest BCUT2D eigenvalue weighted by Gasteiger charge is 2.22. The zero-order valence-electron chi connectivity index (χ0n) is 9.36. The summed E-state index contributed by atoms with van der Waals surface area (Å²) in [5.41, 5.74) is 0.505. The topological polar surface area (TPSA) is 107 Å². The number of rotatable bonds is 4. The normalized spacial score (nSPS) is 11.0. The van der Waals surface area contributed by atoms with Gasteiger partial charge in [0, 0.05) is 0 Å². The Bertz CT molecular complexity index is 517. The van der Waals surface area contributed by atoms with E-state index < -0.39 is 5.97 Å². The van der Waals surface area contributed by atoms with Gasteiger partial charge in [0.05, 0.1) is 5.69 Å². The molecule has 0 saturated carbocycles. The standard InChI is InChI=1S/C9H11N5O3/c1-5(2)8-7(9(15)16)11-13-14(8)3-6-10-4-17-12-6/h4-5H,3H2,1-2H3,(H,15,16). The van der Waals surface area contributed by atoms with Crippen molar-refractivity contribution < 1.29 is 14.4 Å². The van der Waals surface area contributed by atoms with Crippen LogP contribution in [0.2, 0.25) is 0 Å². The van der Waals surface area contributed by atoms with Crippen molar-refractivity contribution in [2.75, 3.05) is 0 Å². The largest absolute Gasteiger partial charge is 0.476 e. The van der Waals surface area contributed by atoms with Crippen LogP contribution in [0.4, 0.5) is 0 Å². The van der Waals surface area contributed by atoms with Gasteiger partial charge in [0.1, 0.15) is 6.54 Å². The molecule has 0 aliphatic carbocycles. The van der Waals surface area contributed by atoms with Gasteiger partial charge in [-0.15, -0.1) is 5.10 Å². The first-order chi connectivity index (χ1) is 8.09. The second-order valence-electron chi connectivity index (χ2n) is 3.79. The fourth-order valence-corrected chi connectivity index (χ4v) is 1.56. The van der Waals surface area contributed by atoms with E-state index in [1.54, 1.807) is 0 Å². The molecule has 17 heavy (non-hydrogen) atoms. The molecule has 0 spiro atoms. The highest BCUT2D eigenvalue weighted by atomic mass is 16.5. The van der Waals surface area contributed by atoms with Crippen LogP contribution in [0.3, 0.4) is 0 Å². The van der Waals surface area contributed by atoms with Crippen LogP contribution in [0.15, 0.2) is 10.9 Å². The first-order valence-electron chi connectivity index (χ1n) is 5.01. The van der Waals surface area contributed by atoms with E-state index in [4.69, 9.17) is 5.11 Å². The summed E-state index contributed by atoms with van der Waals surface area (Å²) < 4.78 is 6.07. The molecule has 8 heteroatoms. The lowest BCUT2D eigenvalue weighted by atomic mass is 10.1. The number of carboxylic acid groups (broad SMARTS) is 1. The van der Waals surface area contributed by atoms with Crippen molar-refractivity contribution in [3.8, 4) is 0 Å². The molecule has 0 aromatic carbocycles. The van der Waals surface area contributed by atoms with Crippen LogP contribution in [-0.2, 0) is 6.54 Å². The molecule has 90 valence electrons. The summed E-state index contributed by atoms with van der Waals surface area (Å²) in [5.74, 6) is -0.676. The molecular weight excluding hydrogens is 226 g/mol. The van der Waals surface area contributed by atoms with Crippen LogP contribution in [0.5, 0.6) is 0 Å². The van der Waals surface area contributed by atoms with Crippen molar-refractivity contribution in [2.45, 2.75) is 26.3 Å². The molecule has 0 atom stereocenters. The van der Waals surface area contributed by atoms with E-state index in [-0.39, 0.29) is 18.2 Å². The van der Waals surface area contributed by atoms with Crippen LogP contribution >= 0.6 is 0 Å². The second kappa shape index (κ2) is 4.32. The second-order valence-corrected chi connectivity index (χ2v) is 3.79. The van der Waals surface area contributed by atoms with Crippen molar-refractivity contribution in [3.63, 3.8) is 0 Å². The van der Waals surface area contributed by atoms with E-state index in [1.165, 1.54) is 11.1 Å². The molecule has 0 bridgehead atoms. The molecule has 0 fully saturated rings. The summed E-state index contributed by atoms with van der Waals surface area (Å²) in [6.07, 6.45) is 1.21. The minimum absolute atomic E-state index is 0.0111. The van der Waals surface area contributed by atoms with Gasteiger partial charge in [0.25, 0.3) is 0 Å². The van der Waals surface area contributed by atoms with Gasteiger partial charge in [-0.1, -0.05) is 24.2 Å². The third kappa shape index (κ3) is 2.14. The number of hydrogen-bond acceptors (Lipinski definition) is 6. The van der Waals surface area contributed by atoms with Crippen LogP contribution in [0, 0.1) is 0 Å². The Labute approximate surface area is 96.2 Å². The van der Waals surface area contributed by atoms with Gasteiger partial charge >= 0.3 is 5.97 Å². The molecule has 8 nitrogen and oxygen atoms in total. The van der Waals surface area contributed by atoms with Crippen LogP contribution < -0.4 is 0 Å². The predicted molar refractivity (Wildman–Crippen MR) is 54.5 cm³/mol. The summed E-state index contributed by atoms with van der Waals surface area (Å²) in [6, 6.07) is 0. The Morgan fingerprint density at radius 1 is 1.59 bits per heavy atom. The van der Waals surface area contributed by atoms with Gasteiger partial charge in [0.15, 0.2) is 11.5 Å². The summed E-state index contributed by atoms with van der Waals surface area (Å²) in [6.45, 7) is 3.99. The highest BCUT2D eigenvalue weighted by Crippen LogP contribution is 2.18. The third-order valence-corrected chi connectivity index (χ3v) is 2.22. The van der Waals surface area contributed by atoms with Crippen molar-refractivity contribution >= 4 is 5.97 Å². The number of nitrogens with zero attached hydrogens (tertiary/aromatic N) is 5. The quantitative estimate of drug-likeness (QED) is 0.826. The Hall–Kier alpha value is -2.25. The van der Waals surface area contributed by atoms with Gasteiger partial charge in [0.2, 0.25) is 6.39 Å². The molecule has 0 radical (unpaired) electrons. The van der Waals surface area contributed by atoms with Crippen molar-refractivity contribution in [1.29, 1.82) is 0 Å². The fourth-order valence-electron chi connectivity index (χ4n) is 1.56. The first kappa shape index (κ1) is 11.2. The molecule has 0 saturated heterocycles. The maximum atomic E-state index is 11.0. The van der Waals surface area contributed by atoms with Crippen LogP contribution in [0.25, 0.3) is 0 Å². The van der Waals surface area contributed by atoms with Gasteiger partial charge < -0.3 is 9.63 Å². The van der Waals surface area contributed by atoms with Crippen molar-refractivity contribution in [2.24, 2.45) is 0 Å². The summed E-state index contributed by atoms with van der Waals surface area (Å²) >= 11 is 0. The predicted octanol–water partition coefficient (Wildman–Crippen LogP) is 0.531. The van der Waals surface area contributed by atoms with Crippen LogP contribution in [0.1, 0.15) is 41.8 Å². The van der Waals surface area contributed by atoms with E-state index in [0.29, 0.717) is 11.5 Å². The molecule has 2 aromatic heterocycles. The average molecular weight is 237 g/mol. The molecule has 2 aromatic rings. The molecule has 1 N–H and O–H groups in total. The van der Waals surface area contributed by atoms with Crippen LogP contribution in [-0.4, -0.2) is 36.2 Å². The van der Waals surface area contributed by atoms with Gasteiger partial charge in [-0.05, 0) is 5.92 Å². The van der Waals surface area contributed by atoms with E-state index in [0.717, 1.165) is 0 Å². The van der Waals surface area contributed by atoms with Crippen molar-refractivity contribution in [1.82, 2.24) is 25.1 Å². The minimum Gasteiger partial charge on any atom is -0.476 e. The first-order valence-corrected chi connectivity index (χ1v) is 5.01. The number of hydrogen-bond donors (Lipinski definition) is 1. The average Bonchev–Trinajstić information content (AvgIpc) is 2.86. The maximum Gasteiger partial charge on any atom is 0.358 e. The number of carboxylic acids is 1. The number of aromatic nitrogens is 5. The molecule has 0 aliphatic heterocycles. The lowest BCUT2D eigenvalue weighted by molar-refractivity contribution is 0.0688. The van der Waals surface area contributed by atoms with Gasteiger partial charge in [-0.25, -0.2) is 9.48 Å². The minimum atomic E-state index is -1.09. The van der Waals surface area contributed by atoms with Gasteiger partial charge in [-0.3, -0.25) is 0 Å². The maximum absolute atomic E-state index is 11.0. The number of aromatic carboxylic acids is 1. The van der Waals surface area contributed by atoms with E-state index in [9.17, 15) is 4.79 Å². The van der Waals surface area contributed by atoms with Crippen molar-refractivity contribution in [3.05, 3.63) is 23.6 Å². The molecule has 0 unspecified atom stereocenters. The monoisotopic (exact) mass is 237 g/mol. The lowest BCUT2D eigenvalue weighted by Crippen LogP contribution is -2.11. The molecule has 2 heterocycles. The third-order valence-electron chi connectivity index (χ3n) is 2.22. The van der Waals surface area contributed by atoms with Gasteiger partial charge in [-0.2, -0.15) is 4.98 Å². The van der Waals surface area contributed by atoms with E-state index in [1.807, 2.05) is 13.8 Å². The van der Waals surface area contributed by atoms with E-state index >= 15 is 0 Å². The smallest absolute Gasteiger partial charge is 0.358 e. The Kier molecular flexibility index (Phi) is 2.86. The lowest BCUT2D eigenvalue weighted by Gasteiger charge is -2.07. The molecule has 0 aliphatic rings. The molecule has 2 rings (SSSR count). The Morgan fingerprint density at radius 2 is 2.35 bits per heavy atom. The highest BCUT2D eigenvalue weighted by molar-refractivity contribution is 5.86. The Morgan fingerprint density at radius 3 is 2.88 bits per heavy atom. The van der Waals surface area contributed by atoms with E-state index in [2.05, 4.69) is 25.0 Å². The fraction of sp³-hybridized carbons (Fsp3) is 0.444. The molecular formula is C9H11N5O3. The molecule has 0 amide bonds.